The van der Waals surface area contributed by atoms with Crippen molar-refractivity contribution in [3.63, 3.8) is 0 Å². The van der Waals surface area contributed by atoms with Crippen molar-refractivity contribution in [2.45, 2.75) is 38.0 Å². The molecule has 2 aromatic rings. The van der Waals surface area contributed by atoms with Gasteiger partial charge in [-0.15, -0.1) is 0 Å². The van der Waals surface area contributed by atoms with Gasteiger partial charge in [0.2, 0.25) is 11.8 Å². The fourth-order valence-electron chi connectivity index (χ4n) is 3.80. The maximum Gasteiger partial charge on any atom is 0.329 e. The molecule has 0 spiro atoms. The van der Waals surface area contributed by atoms with Crippen LogP contribution in [0.15, 0.2) is 23.0 Å². The molecule has 0 saturated carbocycles. The van der Waals surface area contributed by atoms with Gasteiger partial charge in [-0.25, -0.2) is 4.79 Å². The number of hydrogen-bond acceptors (Lipinski definition) is 5. The number of carbonyl (C=O) groups is 2. The van der Waals surface area contributed by atoms with Gasteiger partial charge < -0.3 is 9.47 Å². The molecule has 2 saturated heterocycles. The first kappa shape index (κ1) is 17.0. The molecule has 2 fully saturated rings. The number of carbonyl (C=O) groups excluding carboxylic acids is 2. The first-order valence-corrected chi connectivity index (χ1v) is 8.82. The van der Waals surface area contributed by atoms with Gasteiger partial charge in [-0.3, -0.25) is 24.0 Å². The number of aryl methyl sites for hydroxylation is 2. The molecule has 0 bridgehead atoms. The minimum atomic E-state index is -0.666. The Hall–Kier alpha value is -2.45. The Labute approximate surface area is 149 Å². The molecule has 1 atom stereocenters. The second-order valence-corrected chi connectivity index (χ2v) is 6.67. The van der Waals surface area contributed by atoms with Crippen LogP contribution in [0, 0.1) is 0 Å². The minimum absolute atomic E-state index is 0.209. The minimum Gasteiger partial charge on any atom is -0.350 e. The third-order valence-corrected chi connectivity index (χ3v) is 5.05. The summed E-state index contributed by atoms with van der Waals surface area (Å²) >= 11 is 0. The van der Waals surface area contributed by atoms with E-state index in [1.54, 1.807) is 11.6 Å². The van der Waals surface area contributed by atoms with E-state index in [0.29, 0.717) is 38.0 Å². The van der Waals surface area contributed by atoms with Gasteiger partial charge in [-0.1, -0.05) is 12.1 Å². The number of nitrogens with zero attached hydrogens (tertiary/aromatic N) is 2. The van der Waals surface area contributed by atoms with Gasteiger partial charge in [0.25, 0.3) is 0 Å². The van der Waals surface area contributed by atoms with Crippen molar-refractivity contribution < 1.29 is 19.1 Å². The third-order valence-electron chi connectivity index (χ3n) is 5.05. The molecule has 2 amide bonds. The van der Waals surface area contributed by atoms with Crippen LogP contribution in [0.5, 0.6) is 0 Å². The Balaban J connectivity index is 1.72. The smallest absolute Gasteiger partial charge is 0.329 e. The summed E-state index contributed by atoms with van der Waals surface area (Å²) in [6, 6.07) is 5.04. The molecule has 1 aromatic carbocycles. The second kappa shape index (κ2) is 6.69. The van der Waals surface area contributed by atoms with Gasteiger partial charge >= 0.3 is 5.69 Å². The Morgan fingerprint density at radius 1 is 1.19 bits per heavy atom. The first-order valence-electron chi connectivity index (χ1n) is 8.82. The fraction of sp³-hybridized carbons (Fsp3) is 0.500. The van der Waals surface area contributed by atoms with Crippen LogP contribution in [0.1, 0.15) is 30.9 Å². The highest BCUT2D eigenvalue weighted by atomic mass is 16.7. The van der Waals surface area contributed by atoms with Crippen LogP contribution in [0.3, 0.4) is 0 Å². The van der Waals surface area contributed by atoms with Crippen molar-refractivity contribution in [2.24, 2.45) is 7.05 Å². The fourth-order valence-corrected chi connectivity index (χ4v) is 3.80. The molecule has 2 aliphatic rings. The maximum atomic E-state index is 12.8. The molecule has 2 aliphatic heterocycles. The van der Waals surface area contributed by atoms with E-state index in [4.69, 9.17) is 9.47 Å². The van der Waals surface area contributed by atoms with E-state index in [1.807, 2.05) is 18.2 Å². The zero-order valence-corrected chi connectivity index (χ0v) is 14.6. The van der Waals surface area contributed by atoms with Crippen LogP contribution >= 0.6 is 0 Å². The van der Waals surface area contributed by atoms with E-state index in [0.717, 1.165) is 11.1 Å². The molecule has 0 radical (unpaired) electrons. The lowest BCUT2D eigenvalue weighted by Crippen LogP contribution is -2.44. The van der Waals surface area contributed by atoms with Crippen molar-refractivity contribution in [3.05, 3.63) is 34.2 Å². The Morgan fingerprint density at radius 3 is 2.69 bits per heavy atom. The van der Waals surface area contributed by atoms with Crippen molar-refractivity contribution in [1.82, 2.24) is 14.5 Å². The molecule has 8 nitrogen and oxygen atoms in total. The number of imide groups is 1. The highest BCUT2D eigenvalue weighted by Crippen LogP contribution is 2.26. The van der Waals surface area contributed by atoms with Crippen LogP contribution in [0.2, 0.25) is 0 Å². The van der Waals surface area contributed by atoms with Crippen molar-refractivity contribution in [1.29, 1.82) is 0 Å². The van der Waals surface area contributed by atoms with Gasteiger partial charge in [0.1, 0.15) is 6.04 Å². The maximum absolute atomic E-state index is 12.8. The number of piperidine rings is 1. The summed E-state index contributed by atoms with van der Waals surface area (Å²) in [5, 5.41) is 2.33. The molecule has 0 aliphatic carbocycles. The number of amides is 2. The van der Waals surface area contributed by atoms with Gasteiger partial charge in [0.05, 0.1) is 24.2 Å². The molecule has 1 aromatic heterocycles. The predicted molar refractivity (Wildman–Crippen MR) is 92.6 cm³/mol. The number of nitrogens with one attached hydrogen (secondary N) is 1. The molecule has 138 valence electrons. The van der Waals surface area contributed by atoms with E-state index in [2.05, 4.69) is 5.32 Å². The lowest BCUT2D eigenvalue weighted by Gasteiger charge is -2.22. The topological polar surface area (TPSA) is 91.6 Å². The van der Waals surface area contributed by atoms with E-state index in [1.165, 1.54) is 4.57 Å². The average molecular weight is 359 g/mol. The van der Waals surface area contributed by atoms with E-state index in [-0.39, 0.29) is 24.3 Å². The molecular formula is C18H21N3O5. The van der Waals surface area contributed by atoms with Crippen molar-refractivity contribution in [2.75, 3.05) is 13.2 Å². The predicted octanol–water partition coefficient (Wildman–Crippen LogP) is 0.623. The third kappa shape index (κ3) is 2.85. The highest BCUT2D eigenvalue weighted by molar-refractivity contribution is 6.00. The van der Waals surface area contributed by atoms with Gasteiger partial charge in [0.15, 0.2) is 6.29 Å². The summed E-state index contributed by atoms with van der Waals surface area (Å²) in [5.74, 6) is -0.717. The summed E-state index contributed by atoms with van der Waals surface area (Å²) in [6.07, 6.45) is 1.76. The number of fused-ring (bicyclic) bond motifs is 1. The van der Waals surface area contributed by atoms with Crippen molar-refractivity contribution >= 4 is 22.8 Å². The number of rotatable bonds is 4. The van der Waals surface area contributed by atoms with Crippen LogP contribution < -0.4 is 11.0 Å². The summed E-state index contributed by atoms with van der Waals surface area (Å²) in [4.78, 5) is 36.5. The lowest BCUT2D eigenvalue weighted by molar-refractivity contribution is -0.135. The quantitative estimate of drug-likeness (QED) is 0.808. The number of imidazole rings is 1. The average Bonchev–Trinajstić information content (AvgIpc) is 3.22. The molecule has 4 rings (SSSR count). The van der Waals surface area contributed by atoms with Crippen LogP contribution in [-0.4, -0.2) is 40.5 Å². The summed E-state index contributed by atoms with van der Waals surface area (Å²) < 4.78 is 14.0. The molecule has 26 heavy (non-hydrogen) atoms. The van der Waals surface area contributed by atoms with E-state index < -0.39 is 11.9 Å². The number of ether oxygens (including phenoxy) is 2. The van der Waals surface area contributed by atoms with E-state index >= 15 is 0 Å². The zero-order chi connectivity index (χ0) is 18.3. The second-order valence-electron chi connectivity index (χ2n) is 6.67. The molecular weight excluding hydrogens is 338 g/mol. The summed E-state index contributed by atoms with van der Waals surface area (Å²) in [5.41, 5.74) is 2.26. The molecule has 8 heteroatoms. The highest BCUT2D eigenvalue weighted by Gasteiger charge is 2.31. The SMILES string of the molecule is Cn1c(=O)n(C2CCC(=O)NC2=O)c2cccc(CCC3OCCO3)c21. The number of para-hydroxylation sites is 1. The number of benzene rings is 1. The Kier molecular flexibility index (Phi) is 4.37. The largest absolute Gasteiger partial charge is 0.350 e. The normalized spacial score (nSPS) is 21.5. The van der Waals surface area contributed by atoms with Crippen molar-refractivity contribution in [3.8, 4) is 0 Å². The monoisotopic (exact) mass is 359 g/mol. The molecule has 1 unspecified atom stereocenters. The summed E-state index contributed by atoms with van der Waals surface area (Å²) in [7, 11) is 1.71. The summed E-state index contributed by atoms with van der Waals surface area (Å²) in [6.45, 7) is 1.22. The number of aromatic nitrogens is 2. The molecule has 3 heterocycles. The van der Waals surface area contributed by atoms with Gasteiger partial charge in [-0.2, -0.15) is 0 Å². The van der Waals surface area contributed by atoms with Crippen LogP contribution in [-0.2, 0) is 32.5 Å². The van der Waals surface area contributed by atoms with Crippen LogP contribution in [0.4, 0.5) is 0 Å². The Bertz CT molecular complexity index is 923. The molecule has 1 N–H and O–H groups in total. The standard InChI is InChI=1S/C18H21N3O5/c1-20-16-11(5-8-15-25-9-10-26-15)3-2-4-12(16)21(18(20)24)13-6-7-14(22)19-17(13)23/h2-4,13,15H,5-10H2,1H3,(H,19,22,23). The van der Waals surface area contributed by atoms with Gasteiger partial charge in [0, 0.05) is 19.9 Å². The zero-order valence-electron chi connectivity index (χ0n) is 14.6. The number of hydrogen-bond donors (Lipinski definition) is 1. The van der Waals surface area contributed by atoms with Gasteiger partial charge in [-0.05, 0) is 24.5 Å². The Morgan fingerprint density at radius 2 is 1.96 bits per heavy atom. The van der Waals surface area contributed by atoms with E-state index in [9.17, 15) is 14.4 Å². The lowest BCUT2D eigenvalue weighted by atomic mass is 10.0. The first-order chi connectivity index (χ1) is 12.6. The van der Waals surface area contributed by atoms with Crippen LogP contribution in [0.25, 0.3) is 11.0 Å².